The Morgan fingerprint density at radius 1 is 1.11 bits per heavy atom. The van der Waals surface area contributed by atoms with Crippen LogP contribution >= 0.6 is 0 Å². The molecule has 1 aliphatic carbocycles. The first kappa shape index (κ1) is 25.6. The molecule has 2 atom stereocenters. The van der Waals surface area contributed by atoms with Gasteiger partial charge in [0.05, 0.1) is 18.7 Å². The van der Waals surface area contributed by atoms with Gasteiger partial charge in [0.25, 0.3) is 5.91 Å². The fourth-order valence-electron chi connectivity index (χ4n) is 5.56. The summed E-state index contributed by atoms with van der Waals surface area (Å²) >= 11 is 0. The number of ether oxygens (including phenoxy) is 1. The highest BCUT2D eigenvalue weighted by Gasteiger charge is 2.30. The number of anilines is 1. The Balaban J connectivity index is 1.31. The van der Waals surface area contributed by atoms with Crippen molar-refractivity contribution in [2.75, 3.05) is 32.1 Å². The second-order valence-electron chi connectivity index (χ2n) is 9.85. The Bertz CT molecular complexity index is 1100. The normalized spacial score (nSPS) is 17.8. The lowest BCUT2D eigenvalue weighted by Crippen LogP contribution is -2.39. The van der Waals surface area contributed by atoms with E-state index in [-0.39, 0.29) is 23.7 Å². The van der Waals surface area contributed by atoms with Gasteiger partial charge in [-0.3, -0.25) is 9.59 Å². The molecule has 0 bridgehead atoms. The maximum atomic E-state index is 13.3. The third-order valence-electron chi connectivity index (χ3n) is 7.58. The number of hydrogen-bond acceptors (Lipinski definition) is 5. The van der Waals surface area contributed by atoms with Crippen molar-refractivity contribution in [3.8, 4) is 11.8 Å². The van der Waals surface area contributed by atoms with Crippen molar-refractivity contribution in [3.05, 3.63) is 59.2 Å². The Labute approximate surface area is 213 Å². The highest BCUT2D eigenvalue weighted by molar-refractivity contribution is 5.94. The third-order valence-corrected chi connectivity index (χ3v) is 7.58. The largest absolute Gasteiger partial charge is 0.497 e. The molecule has 1 fully saturated rings. The number of carbonyl (C=O) groups excluding carboxylic acids is 2. The van der Waals surface area contributed by atoms with E-state index in [0.717, 1.165) is 49.9 Å². The molecule has 7 nitrogen and oxygen atoms in total. The Morgan fingerprint density at radius 2 is 1.94 bits per heavy atom. The SMILES string of the molecule is COc1cccc(C(=O)NCCC(C(=O)NCCC2CNc3ccc(C#N)cc32)C2CCCCC2)c1. The Hall–Kier alpha value is -3.53. The van der Waals surface area contributed by atoms with Crippen molar-refractivity contribution < 1.29 is 14.3 Å². The van der Waals surface area contributed by atoms with Crippen molar-refractivity contribution in [1.29, 1.82) is 5.26 Å². The lowest BCUT2D eigenvalue weighted by Gasteiger charge is -2.29. The van der Waals surface area contributed by atoms with Crippen molar-refractivity contribution >= 4 is 17.5 Å². The first-order valence-corrected chi connectivity index (χ1v) is 13.1. The van der Waals surface area contributed by atoms with Gasteiger partial charge in [0.1, 0.15) is 5.75 Å². The molecule has 2 amide bonds. The highest BCUT2D eigenvalue weighted by Crippen LogP contribution is 2.34. The van der Waals surface area contributed by atoms with E-state index < -0.39 is 0 Å². The van der Waals surface area contributed by atoms with E-state index >= 15 is 0 Å². The molecule has 2 unspecified atom stereocenters. The zero-order chi connectivity index (χ0) is 25.3. The van der Waals surface area contributed by atoms with Gasteiger partial charge in [0.2, 0.25) is 5.91 Å². The second-order valence-corrected chi connectivity index (χ2v) is 9.85. The first-order chi connectivity index (χ1) is 17.6. The second kappa shape index (κ2) is 12.4. The zero-order valence-corrected chi connectivity index (χ0v) is 21.0. The van der Waals surface area contributed by atoms with E-state index in [1.807, 2.05) is 24.3 Å². The van der Waals surface area contributed by atoms with E-state index in [2.05, 4.69) is 22.0 Å². The van der Waals surface area contributed by atoms with Crippen LogP contribution in [-0.2, 0) is 4.79 Å². The molecule has 3 N–H and O–H groups in total. The number of nitriles is 1. The number of rotatable bonds is 10. The molecular weight excluding hydrogens is 452 g/mol. The minimum absolute atomic E-state index is 0.0921. The number of nitrogens with one attached hydrogen (secondary N) is 3. The number of fused-ring (bicyclic) bond motifs is 1. The Kier molecular flexibility index (Phi) is 8.83. The molecule has 7 heteroatoms. The number of carbonyl (C=O) groups is 2. The van der Waals surface area contributed by atoms with Gasteiger partial charge in [-0.05, 0) is 73.6 Å². The maximum absolute atomic E-state index is 13.3. The fraction of sp³-hybridized carbons (Fsp3) is 0.483. The summed E-state index contributed by atoms with van der Waals surface area (Å²) in [7, 11) is 1.58. The van der Waals surface area contributed by atoms with Crippen molar-refractivity contribution in [1.82, 2.24) is 10.6 Å². The van der Waals surface area contributed by atoms with Crippen LogP contribution in [0.1, 0.15) is 72.3 Å². The predicted octanol–water partition coefficient (Wildman–Crippen LogP) is 4.60. The molecule has 0 saturated heterocycles. The molecule has 2 aliphatic rings. The minimum atomic E-state index is -0.152. The average Bonchev–Trinajstić information content (AvgIpc) is 3.33. The van der Waals surface area contributed by atoms with Crippen LogP contribution in [0.5, 0.6) is 5.75 Å². The fourth-order valence-corrected chi connectivity index (χ4v) is 5.56. The summed E-state index contributed by atoms with van der Waals surface area (Å²) < 4.78 is 5.21. The van der Waals surface area contributed by atoms with Gasteiger partial charge in [0, 0.05) is 42.7 Å². The lowest BCUT2D eigenvalue weighted by atomic mass is 9.78. The van der Waals surface area contributed by atoms with Crippen LogP contribution in [0.4, 0.5) is 5.69 Å². The van der Waals surface area contributed by atoms with Gasteiger partial charge in [-0.2, -0.15) is 5.26 Å². The summed E-state index contributed by atoms with van der Waals surface area (Å²) in [5, 5.41) is 18.8. The van der Waals surface area contributed by atoms with Crippen LogP contribution in [0.25, 0.3) is 0 Å². The van der Waals surface area contributed by atoms with Gasteiger partial charge in [0.15, 0.2) is 0 Å². The van der Waals surface area contributed by atoms with Gasteiger partial charge < -0.3 is 20.7 Å². The summed E-state index contributed by atoms with van der Waals surface area (Å²) in [4.78, 5) is 25.9. The summed E-state index contributed by atoms with van der Waals surface area (Å²) in [5.74, 6) is 1.12. The quantitative estimate of drug-likeness (QED) is 0.454. The standard InChI is InChI=1S/C29H36N4O3/c1-36-24-9-5-8-22(17-24)28(34)31-15-13-25(21-6-3-2-4-7-21)29(35)32-14-12-23-19-33-27-11-10-20(18-30)16-26(23)27/h5,8-11,16-17,21,23,25,33H,2-4,6-7,12-15,19H2,1H3,(H,31,34)(H,32,35). The summed E-state index contributed by atoms with van der Waals surface area (Å²) in [6.07, 6.45) is 7.15. The van der Waals surface area contributed by atoms with Gasteiger partial charge in [-0.25, -0.2) is 0 Å². The number of methoxy groups -OCH3 is 1. The van der Waals surface area contributed by atoms with E-state index in [4.69, 9.17) is 4.74 Å². The van der Waals surface area contributed by atoms with E-state index in [9.17, 15) is 14.9 Å². The molecule has 1 saturated carbocycles. The third kappa shape index (κ3) is 6.37. The van der Waals surface area contributed by atoms with E-state index in [0.29, 0.717) is 42.3 Å². The van der Waals surface area contributed by atoms with Crippen molar-refractivity contribution in [3.63, 3.8) is 0 Å². The van der Waals surface area contributed by atoms with Crippen LogP contribution in [0.15, 0.2) is 42.5 Å². The van der Waals surface area contributed by atoms with Gasteiger partial charge in [-0.1, -0.05) is 25.3 Å². The molecule has 2 aromatic rings. The minimum Gasteiger partial charge on any atom is -0.497 e. The predicted molar refractivity (Wildman–Crippen MR) is 140 cm³/mol. The number of nitrogens with zero attached hydrogens (tertiary/aromatic N) is 1. The van der Waals surface area contributed by atoms with Crippen LogP contribution in [-0.4, -0.2) is 38.6 Å². The molecule has 36 heavy (non-hydrogen) atoms. The molecule has 0 aromatic heterocycles. The first-order valence-electron chi connectivity index (χ1n) is 13.1. The molecule has 2 aromatic carbocycles. The van der Waals surface area contributed by atoms with Crippen LogP contribution in [0, 0.1) is 23.2 Å². The summed E-state index contributed by atoms with van der Waals surface area (Å²) in [5.41, 5.74) is 3.46. The van der Waals surface area contributed by atoms with Gasteiger partial charge in [-0.15, -0.1) is 0 Å². The molecule has 1 heterocycles. The maximum Gasteiger partial charge on any atom is 0.251 e. The zero-order valence-electron chi connectivity index (χ0n) is 21.0. The van der Waals surface area contributed by atoms with E-state index in [1.165, 1.54) is 6.42 Å². The molecule has 4 rings (SSSR count). The van der Waals surface area contributed by atoms with Crippen LogP contribution < -0.4 is 20.7 Å². The average molecular weight is 489 g/mol. The van der Waals surface area contributed by atoms with Crippen LogP contribution in [0.2, 0.25) is 0 Å². The molecule has 0 radical (unpaired) electrons. The summed E-state index contributed by atoms with van der Waals surface area (Å²) in [6, 6.07) is 15.1. The van der Waals surface area contributed by atoms with Crippen LogP contribution in [0.3, 0.4) is 0 Å². The smallest absolute Gasteiger partial charge is 0.251 e. The lowest BCUT2D eigenvalue weighted by molar-refractivity contribution is -0.127. The number of benzene rings is 2. The van der Waals surface area contributed by atoms with E-state index in [1.54, 1.807) is 25.3 Å². The van der Waals surface area contributed by atoms with Gasteiger partial charge >= 0.3 is 0 Å². The number of hydrogen-bond donors (Lipinski definition) is 3. The molecule has 0 spiro atoms. The highest BCUT2D eigenvalue weighted by atomic mass is 16.5. The monoisotopic (exact) mass is 488 g/mol. The Morgan fingerprint density at radius 3 is 2.72 bits per heavy atom. The van der Waals surface area contributed by atoms with Crippen molar-refractivity contribution in [2.45, 2.75) is 50.9 Å². The molecular formula is C29H36N4O3. The summed E-state index contributed by atoms with van der Waals surface area (Å²) in [6.45, 7) is 1.88. The number of amides is 2. The molecule has 1 aliphatic heterocycles. The molecule has 190 valence electrons. The topological polar surface area (TPSA) is 103 Å². The van der Waals surface area contributed by atoms with Crippen molar-refractivity contribution in [2.24, 2.45) is 11.8 Å².